The number of fused-ring (bicyclic) bond motifs is 1. The predicted molar refractivity (Wildman–Crippen MR) is 58.0 cm³/mol. The number of nitrogens with two attached hydrogens (primary N) is 1. The van der Waals surface area contributed by atoms with E-state index in [1.165, 1.54) is 0 Å². The molecule has 4 nitrogen and oxygen atoms in total. The van der Waals surface area contributed by atoms with Crippen molar-refractivity contribution in [3.8, 4) is 0 Å². The quantitative estimate of drug-likeness (QED) is 0.788. The summed E-state index contributed by atoms with van der Waals surface area (Å²) in [6.45, 7) is 0. The summed E-state index contributed by atoms with van der Waals surface area (Å²) >= 11 is 0. The minimum Gasteiger partial charge on any atom is -0.365 e. The number of aromatic amines is 1. The maximum atomic E-state index is 13.7. The van der Waals surface area contributed by atoms with Crippen LogP contribution in [0.15, 0.2) is 16.9 Å². The Bertz CT molecular complexity index is 779. The number of benzene rings is 1. The third-order valence-electron chi connectivity index (χ3n) is 2.58. The molecule has 1 aromatic carbocycles. The van der Waals surface area contributed by atoms with Gasteiger partial charge in [-0.05, 0) is 12.1 Å². The van der Waals surface area contributed by atoms with E-state index in [1.807, 2.05) is 0 Å². The number of primary amides is 1. The van der Waals surface area contributed by atoms with E-state index in [4.69, 9.17) is 5.73 Å². The van der Waals surface area contributed by atoms with Gasteiger partial charge in [-0.1, -0.05) is 0 Å². The van der Waals surface area contributed by atoms with Crippen LogP contribution in [0.5, 0.6) is 0 Å². The summed E-state index contributed by atoms with van der Waals surface area (Å²) in [4.78, 5) is 24.0. The number of H-pyrrole nitrogens is 1. The summed E-state index contributed by atoms with van der Waals surface area (Å²) < 4.78 is 64.5. The number of nitrogens with one attached hydrogen (secondary N) is 1. The second-order valence-corrected chi connectivity index (χ2v) is 3.89. The number of hydrogen-bond acceptors (Lipinski definition) is 2. The van der Waals surface area contributed by atoms with Gasteiger partial charge >= 0.3 is 6.18 Å². The molecule has 0 atom stereocenters. The fraction of sp³-hybridized carbons (Fsp3) is 0.0909. The number of hydrogen-bond donors (Lipinski definition) is 2. The van der Waals surface area contributed by atoms with Crippen LogP contribution in [0.1, 0.15) is 15.9 Å². The second-order valence-electron chi connectivity index (χ2n) is 3.89. The monoisotopic (exact) mass is 292 g/mol. The maximum Gasteiger partial charge on any atom is 0.422 e. The number of amides is 1. The van der Waals surface area contributed by atoms with Crippen LogP contribution in [-0.2, 0) is 6.18 Å². The summed E-state index contributed by atoms with van der Waals surface area (Å²) in [7, 11) is 0. The number of halogens is 5. The van der Waals surface area contributed by atoms with Crippen molar-refractivity contribution in [3.05, 3.63) is 45.2 Å². The number of alkyl halides is 3. The van der Waals surface area contributed by atoms with E-state index in [1.54, 1.807) is 4.98 Å². The maximum absolute atomic E-state index is 13.7. The molecule has 0 radical (unpaired) electrons. The van der Waals surface area contributed by atoms with Crippen molar-refractivity contribution < 1.29 is 26.7 Å². The van der Waals surface area contributed by atoms with Crippen molar-refractivity contribution >= 4 is 16.8 Å². The Hall–Kier alpha value is -2.45. The fourth-order valence-corrected chi connectivity index (χ4v) is 1.72. The third-order valence-corrected chi connectivity index (χ3v) is 2.58. The molecule has 0 fully saturated rings. The minimum atomic E-state index is -5.26. The lowest BCUT2D eigenvalue weighted by atomic mass is 10.1. The molecular formula is C11H5F5N2O2. The molecule has 3 N–H and O–H groups in total. The van der Waals surface area contributed by atoms with Gasteiger partial charge in [0.1, 0.15) is 16.9 Å². The number of rotatable bonds is 1. The zero-order valence-electron chi connectivity index (χ0n) is 9.44. The first-order valence-corrected chi connectivity index (χ1v) is 5.05. The van der Waals surface area contributed by atoms with Crippen LogP contribution < -0.4 is 11.3 Å². The van der Waals surface area contributed by atoms with Gasteiger partial charge in [-0.25, -0.2) is 8.78 Å². The number of carbonyl (C=O) groups excluding carboxylic acids is 1. The molecule has 0 aliphatic heterocycles. The smallest absolute Gasteiger partial charge is 0.365 e. The predicted octanol–water partition coefficient (Wildman–Crippen LogP) is 1.92. The van der Waals surface area contributed by atoms with E-state index in [0.717, 1.165) is 6.07 Å². The molecule has 2 aromatic rings. The van der Waals surface area contributed by atoms with E-state index < -0.39 is 51.3 Å². The highest BCUT2D eigenvalue weighted by Gasteiger charge is 2.39. The van der Waals surface area contributed by atoms with Crippen molar-refractivity contribution in [1.29, 1.82) is 0 Å². The highest BCUT2D eigenvalue weighted by molar-refractivity contribution is 5.96. The molecule has 0 saturated heterocycles. The van der Waals surface area contributed by atoms with Crippen LogP contribution in [0.3, 0.4) is 0 Å². The molecule has 0 bridgehead atoms. The van der Waals surface area contributed by atoms with Gasteiger partial charge in [0.05, 0.1) is 5.52 Å². The standard InChI is InChI=1S/C11H5F5N2O2/c12-5-2-3-1-4(9(17)19)10(20)18-8(3)7(13)6(5)11(14,15)16/h1-2H,(H2,17,19)(H,18,20). The van der Waals surface area contributed by atoms with Gasteiger partial charge in [0.25, 0.3) is 11.5 Å². The summed E-state index contributed by atoms with van der Waals surface area (Å²) in [6, 6.07) is 1.09. The van der Waals surface area contributed by atoms with Crippen molar-refractivity contribution in [2.75, 3.05) is 0 Å². The SMILES string of the molecule is NC(=O)c1cc2cc(F)c(C(F)(F)F)c(F)c2[nH]c1=O. The number of pyridine rings is 1. The Morgan fingerprint density at radius 2 is 1.80 bits per heavy atom. The molecule has 0 aliphatic rings. The summed E-state index contributed by atoms with van der Waals surface area (Å²) in [5.74, 6) is -4.99. The van der Waals surface area contributed by atoms with Crippen molar-refractivity contribution in [2.24, 2.45) is 5.73 Å². The van der Waals surface area contributed by atoms with E-state index in [9.17, 15) is 31.5 Å². The third kappa shape index (κ3) is 2.10. The van der Waals surface area contributed by atoms with Gasteiger partial charge in [-0.2, -0.15) is 13.2 Å². The molecule has 0 spiro atoms. The van der Waals surface area contributed by atoms with Crippen LogP contribution in [0, 0.1) is 11.6 Å². The first-order chi connectivity index (χ1) is 9.12. The fourth-order valence-electron chi connectivity index (χ4n) is 1.72. The average molecular weight is 292 g/mol. The van der Waals surface area contributed by atoms with E-state index in [-0.39, 0.29) is 0 Å². The average Bonchev–Trinajstić information content (AvgIpc) is 2.27. The van der Waals surface area contributed by atoms with Crippen LogP contribution in [0.25, 0.3) is 10.9 Å². The Morgan fingerprint density at radius 1 is 1.20 bits per heavy atom. The highest BCUT2D eigenvalue weighted by Crippen LogP contribution is 2.35. The summed E-state index contributed by atoms with van der Waals surface area (Å²) in [6.07, 6.45) is -5.26. The van der Waals surface area contributed by atoms with Crippen LogP contribution in [-0.4, -0.2) is 10.9 Å². The number of carbonyl (C=O) groups is 1. The lowest BCUT2D eigenvalue weighted by Crippen LogP contribution is -2.24. The highest BCUT2D eigenvalue weighted by atomic mass is 19.4. The topological polar surface area (TPSA) is 76.0 Å². The lowest BCUT2D eigenvalue weighted by Gasteiger charge is -2.11. The zero-order valence-corrected chi connectivity index (χ0v) is 9.44. The van der Waals surface area contributed by atoms with Crippen LogP contribution in [0.4, 0.5) is 22.0 Å². The molecule has 2 rings (SSSR count). The van der Waals surface area contributed by atoms with E-state index in [0.29, 0.717) is 6.07 Å². The number of aromatic nitrogens is 1. The summed E-state index contributed by atoms with van der Waals surface area (Å²) in [5.41, 5.74) is 0.105. The van der Waals surface area contributed by atoms with Gasteiger partial charge < -0.3 is 10.7 Å². The first-order valence-electron chi connectivity index (χ1n) is 5.05. The Balaban J connectivity index is 2.92. The molecule has 0 saturated carbocycles. The molecule has 1 heterocycles. The van der Waals surface area contributed by atoms with Gasteiger partial charge in [0, 0.05) is 5.39 Å². The van der Waals surface area contributed by atoms with E-state index in [2.05, 4.69) is 0 Å². The molecular weight excluding hydrogens is 287 g/mol. The zero-order chi connectivity index (χ0) is 15.2. The molecule has 20 heavy (non-hydrogen) atoms. The molecule has 1 amide bonds. The normalized spacial score (nSPS) is 11.8. The van der Waals surface area contributed by atoms with Gasteiger partial charge in [0.15, 0.2) is 5.82 Å². The molecule has 1 aromatic heterocycles. The Morgan fingerprint density at radius 3 is 2.30 bits per heavy atom. The Kier molecular flexibility index (Phi) is 2.99. The van der Waals surface area contributed by atoms with Crippen LogP contribution in [0.2, 0.25) is 0 Å². The summed E-state index contributed by atoms with van der Waals surface area (Å²) in [5, 5.41) is -0.415. The first kappa shape index (κ1) is 14.0. The second kappa shape index (κ2) is 4.29. The van der Waals surface area contributed by atoms with Crippen molar-refractivity contribution in [1.82, 2.24) is 4.98 Å². The largest absolute Gasteiger partial charge is 0.422 e. The molecule has 0 aliphatic carbocycles. The molecule has 9 heteroatoms. The lowest BCUT2D eigenvalue weighted by molar-refractivity contribution is -0.142. The minimum absolute atomic E-state index is 0.365. The van der Waals surface area contributed by atoms with Gasteiger partial charge in [-0.15, -0.1) is 0 Å². The Labute approximate surface area is 107 Å². The van der Waals surface area contributed by atoms with E-state index >= 15 is 0 Å². The molecule has 106 valence electrons. The van der Waals surface area contributed by atoms with Crippen LogP contribution >= 0.6 is 0 Å². The van der Waals surface area contributed by atoms with Gasteiger partial charge in [-0.3, -0.25) is 9.59 Å². The van der Waals surface area contributed by atoms with Crippen molar-refractivity contribution in [3.63, 3.8) is 0 Å². The van der Waals surface area contributed by atoms with Gasteiger partial charge in [0.2, 0.25) is 0 Å². The van der Waals surface area contributed by atoms with Crippen molar-refractivity contribution in [2.45, 2.75) is 6.18 Å². The molecule has 0 unspecified atom stereocenters.